The van der Waals surface area contributed by atoms with Crippen molar-refractivity contribution in [3.05, 3.63) is 66.2 Å². The van der Waals surface area contributed by atoms with E-state index in [-0.39, 0.29) is 18.5 Å². The summed E-state index contributed by atoms with van der Waals surface area (Å²) in [5.41, 5.74) is 3.21. The second-order valence-electron chi connectivity index (χ2n) is 6.32. The number of imidazole rings is 2. The fraction of sp³-hybridized carbons (Fsp3) is 0.200. The number of hydrogen-bond donors (Lipinski definition) is 1. The fourth-order valence-corrected chi connectivity index (χ4v) is 3.19. The molecule has 4 rings (SSSR count). The molecule has 0 fully saturated rings. The lowest BCUT2D eigenvalue weighted by atomic mass is 10.1. The SMILES string of the molecule is [C-]#[N+]c1cnc2ccc(-c3c(-c4ccc(F)cc4)ncn3[C@@H](CC)CO)nn12. The van der Waals surface area contributed by atoms with Gasteiger partial charge >= 0.3 is 0 Å². The van der Waals surface area contributed by atoms with E-state index in [1.807, 2.05) is 11.5 Å². The predicted octanol–water partition coefficient (Wildman–Crippen LogP) is 3.89. The van der Waals surface area contributed by atoms with Gasteiger partial charge < -0.3 is 14.5 Å². The van der Waals surface area contributed by atoms with Crippen LogP contribution in [0.5, 0.6) is 0 Å². The van der Waals surface area contributed by atoms with Crippen LogP contribution >= 0.6 is 0 Å². The number of halogens is 1. The number of fused-ring (bicyclic) bond motifs is 1. The van der Waals surface area contributed by atoms with Gasteiger partial charge in [-0.3, -0.25) is 0 Å². The molecule has 0 saturated heterocycles. The molecule has 28 heavy (non-hydrogen) atoms. The Kier molecular flexibility index (Phi) is 4.59. The van der Waals surface area contributed by atoms with Gasteiger partial charge in [-0.1, -0.05) is 18.6 Å². The van der Waals surface area contributed by atoms with Crippen molar-refractivity contribution in [3.8, 4) is 22.6 Å². The lowest BCUT2D eigenvalue weighted by Gasteiger charge is -2.17. The third-order valence-corrected chi connectivity index (χ3v) is 4.69. The summed E-state index contributed by atoms with van der Waals surface area (Å²) < 4.78 is 16.7. The fourth-order valence-electron chi connectivity index (χ4n) is 3.19. The maximum atomic E-state index is 13.4. The highest BCUT2D eigenvalue weighted by atomic mass is 19.1. The topological polar surface area (TPSA) is 72.6 Å². The van der Waals surface area contributed by atoms with Gasteiger partial charge in [0.15, 0.2) is 0 Å². The van der Waals surface area contributed by atoms with Crippen molar-refractivity contribution in [1.82, 2.24) is 24.1 Å². The Balaban J connectivity index is 1.96. The monoisotopic (exact) mass is 376 g/mol. The zero-order valence-corrected chi connectivity index (χ0v) is 15.1. The summed E-state index contributed by atoms with van der Waals surface area (Å²) in [6.07, 6.45) is 3.83. The van der Waals surface area contributed by atoms with Gasteiger partial charge in [-0.15, -0.1) is 4.52 Å². The number of rotatable bonds is 5. The molecule has 1 aromatic carbocycles. The van der Waals surface area contributed by atoms with Gasteiger partial charge in [-0.05, 0) is 36.8 Å². The van der Waals surface area contributed by atoms with E-state index in [0.29, 0.717) is 35.0 Å². The average molecular weight is 376 g/mol. The highest BCUT2D eigenvalue weighted by Crippen LogP contribution is 2.33. The summed E-state index contributed by atoms with van der Waals surface area (Å²) >= 11 is 0. The van der Waals surface area contributed by atoms with Crippen molar-refractivity contribution >= 4 is 11.5 Å². The van der Waals surface area contributed by atoms with Crippen LogP contribution in [0, 0.1) is 12.4 Å². The molecule has 0 saturated carbocycles. The summed E-state index contributed by atoms with van der Waals surface area (Å²) in [6.45, 7) is 9.22. The molecule has 1 atom stereocenters. The maximum Gasteiger partial charge on any atom is 0.275 e. The van der Waals surface area contributed by atoms with Gasteiger partial charge in [0.2, 0.25) is 5.65 Å². The highest BCUT2D eigenvalue weighted by Gasteiger charge is 2.22. The van der Waals surface area contributed by atoms with Crippen LogP contribution in [-0.2, 0) is 0 Å². The minimum absolute atomic E-state index is 0.0522. The first-order chi connectivity index (χ1) is 13.7. The van der Waals surface area contributed by atoms with E-state index >= 15 is 0 Å². The molecular formula is C20H17FN6O. The highest BCUT2D eigenvalue weighted by molar-refractivity contribution is 5.77. The molecule has 3 heterocycles. The smallest absolute Gasteiger partial charge is 0.275 e. The minimum atomic E-state index is -0.328. The van der Waals surface area contributed by atoms with E-state index in [9.17, 15) is 9.50 Å². The molecule has 3 aromatic heterocycles. The minimum Gasteiger partial charge on any atom is -0.394 e. The standard InChI is InChI=1S/C20H17FN6O/c1-3-15(11-28)26-12-24-19(13-4-6-14(21)7-5-13)20(26)16-8-9-17-23-10-18(22-2)27(17)25-16/h4-10,12,15,28H,3,11H2,1H3/t15-/m0/s1. The summed E-state index contributed by atoms with van der Waals surface area (Å²) in [7, 11) is 0. The normalized spacial score (nSPS) is 12.2. The average Bonchev–Trinajstić information content (AvgIpc) is 3.33. The van der Waals surface area contributed by atoms with Gasteiger partial charge in [0.05, 0.1) is 36.6 Å². The summed E-state index contributed by atoms with van der Waals surface area (Å²) in [6, 6.07) is 9.48. The Morgan fingerprint density at radius 2 is 1.96 bits per heavy atom. The lowest BCUT2D eigenvalue weighted by Crippen LogP contribution is -2.13. The molecule has 7 nitrogen and oxygen atoms in total. The first-order valence-corrected chi connectivity index (χ1v) is 8.82. The largest absolute Gasteiger partial charge is 0.394 e. The van der Waals surface area contributed by atoms with Gasteiger partial charge in [-0.2, -0.15) is 0 Å². The molecule has 0 aliphatic heterocycles. The molecular weight excluding hydrogens is 359 g/mol. The Bertz CT molecular complexity index is 1170. The lowest BCUT2D eigenvalue weighted by molar-refractivity contribution is 0.225. The van der Waals surface area contributed by atoms with Crippen LogP contribution in [0.4, 0.5) is 10.2 Å². The first-order valence-electron chi connectivity index (χ1n) is 8.82. The van der Waals surface area contributed by atoms with Crippen molar-refractivity contribution in [2.24, 2.45) is 0 Å². The van der Waals surface area contributed by atoms with Crippen molar-refractivity contribution in [3.63, 3.8) is 0 Å². The van der Waals surface area contributed by atoms with Crippen LogP contribution in [-0.4, -0.2) is 35.9 Å². The quantitative estimate of drug-likeness (QED) is 0.536. The zero-order chi connectivity index (χ0) is 19.7. The van der Waals surface area contributed by atoms with Crippen LogP contribution < -0.4 is 0 Å². The van der Waals surface area contributed by atoms with Gasteiger partial charge in [-0.25, -0.2) is 14.4 Å². The maximum absolute atomic E-state index is 13.4. The van der Waals surface area contributed by atoms with Crippen LogP contribution in [0.15, 0.2) is 48.9 Å². The predicted molar refractivity (Wildman–Crippen MR) is 102 cm³/mol. The van der Waals surface area contributed by atoms with Crippen LogP contribution in [0.2, 0.25) is 0 Å². The van der Waals surface area contributed by atoms with Crippen LogP contribution in [0.1, 0.15) is 19.4 Å². The molecule has 0 aliphatic rings. The number of aromatic nitrogens is 5. The molecule has 0 radical (unpaired) electrons. The Labute approximate surface area is 160 Å². The zero-order valence-electron chi connectivity index (χ0n) is 15.1. The molecule has 4 aromatic rings. The molecule has 140 valence electrons. The van der Waals surface area contributed by atoms with Crippen molar-refractivity contribution in [1.29, 1.82) is 0 Å². The molecule has 1 N–H and O–H groups in total. The Hall–Kier alpha value is -3.57. The van der Waals surface area contributed by atoms with E-state index in [2.05, 4.69) is 19.9 Å². The summed E-state index contributed by atoms with van der Waals surface area (Å²) in [5, 5.41) is 14.4. The third-order valence-electron chi connectivity index (χ3n) is 4.69. The first kappa shape index (κ1) is 17.8. The Morgan fingerprint density at radius 1 is 1.18 bits per heavy atom. The van der Waals surface area contributed by atoms with Gasteiger partial charge in [0.1, 0.15) is 11.5 Å². The summed E-state index contributed by atoms with van der Waals surface area (Å²) in [4.78, 5) is 12.1. The number of aliphatic hydroxyl groups excluding tert-OH is 1. The molecule has 0 unspecified atom stereocenters. The van der Waals surface area contributed by atoms with Crippen LogP contribution in [0.25, 0.3) is 33.1 Å². The van der Waals surface area contributed by atoms with E-state index in [4.69, 9.17) is 6.57 Å². The summed E-state index contributed by atoms with van der Waals surface area (Å²) in [5.74, 6) is -0.0216. The van der Waals surface area contributed by atoms with E-state index < -0.39 is 0 Å². The van der Waals surface area contributed by atoms with Gasteiger partial charge in [0, 0.05) is 11.6 Å². The second kappa shape index (κ2) is 7.21. The molecule has 0 spiro atoms. The van der Waals surface area contributed by atoms with Crippen molar-refractivity contribution in [2.45, 2.75) is 19.4 Å². The van der Waals surface area contributed by atoms with Gasteiger partial charge in [0.25, 0.3) is 5.82 Å². The third kappa shape index (κ3) is 2.92. The molecule has 0 aliphatic carbocycles. The van der Waals surface area contributed by atoms with E-state index in [0.717, 1.165) is 5.56 Å². The molecule has 0 amide bonds. The Morgan fingerprint density at radius 3 is 2.64 bits per heavy atom. The molecule has 0 bridgehead atoms. The van der Waals surface area contributed by atoms with E-state index in [1.54, 1.807) is 30.6 Å². The van der Waals surface area contributed by atoms with Crippen LogP contribution in [0.3, 0.4) is 0 Å². The molecule has 8 heteroatoms. The van der Waals surface area contributed by atoms with Crippen molar-refractivity contribution in [2.75, 3.05) is 6.61 Å². The number of nitrogens with zero attached hydrogens (tertiary/aromatic N) is 6. The number of aliphatic hydroxyl groups is 1. The number of hydrogen-bond acceptors (Lipinski definition) is 4. The number of benzene rings is 1. The van der Waals surface area contributed by atoms with E-state index in [1.165, 1.54) is 22.8 Å². The van der Waals surface area contributed by atoms with Crippen molar-refractivity contribution < 1.29 is 9.50 Å². The second-order valence-corrected chi connectivity index (χ2v) is 6.32.